The molecule has 3 aromatic rings. The topological polar surface area (TPSA) is 83.4 Å². The molecule has 1 fully saturated rings. The summed E-state index contributed by atoms with van der Waals surface area (Å²) in [4.78, 5) is 35.3. The van der Waals surface area contributed by atoms with Gasteiger partial charge >= 0.3 is 5.91 Å². The van der Waals surface area contributed by atoms with Crippen molar-refractivity contribution >= 4 is 35.0 Å². The average Bonchev–Trinajstić information content (AvgIpc) is 2.99. The van der Waals surface area contributed by atoms with E-state index >= 15 is 0 Å². The van der Waals surface area contributed by atoms with Crippen LogP contribution in [0.2, 0.25) is 5.02 Å². The van der Waals surface area contributed by atoms with E-state index in [2.05, 4.69) is 9.97 Å². The summed E-state index contributed by atoms with van der Waals surface area (Å²) in [6.07, 6.45) is 2.97. The van der Waals surface area contributed by atoms with Crippen molar-refractivity contribution in [3.05, 3.63) is 94.3 Å². The Bertz CT molecular complexity index is 1130. The summed E-state index contributed by atoms with van der Waals surface area (Å²) in [7, 11) is 0. The van der Waals surface area contributed by atoms with E-state index in [1.165, 1.54) is 17.3 Å². The van der Waals surface area contributed by atoms with Crippen LogP contribution in [0.5, 0.6) is 0 Å². The normalized spacial score (nSPS) is 18.3. The summed E-state index contributed by atoms with van der Waals surface area (Å²) in [6.45, 7) is 1.92. The molecule has 6 nitrogen and oxygen atoms in total. The number of hydrogen-bond donors (Lipinski definition) is 1. The molecule has 144 valence electrons. The van der Waals surface area contributed by atoms with Gasteiger partial charge in [-0.3, -0.25) is 14.5 Å². The number of rotatable bonds is 3. The highest BCUT2D eigenvalue weighted by Crippen LogP contribution is 2.41. The summed E-state index contributed by atoms with van der Waals surface area (Å²) < 4.78 is 0. The van der Waals surface area contributed by atoms with Gasteiger partial charge in [-0.25, -0.2) is 9.97 Å². The first-order valence-corrected chi connectivity index (χ1v) is 9.25. The Kier molecular flexibility index (Phi) is 4.86. The molecule has 1 aromatic heterocycles. The largest absolute Gasteiger partial charge is 0.507 e. The molecular formula is C22H16ClN3O3. The van der Waals surface area contributed by atoms with Gasteiger partial charge in [0.1, 0.15) is 5.76 Å². The van der Waals surface area contributed by atoms with E-state index < -0.39 is 17.7 Å². The third-order valence-electron chi connectivity index (χ3n) is 4.70. The van der Waals surface area contributed by atoms with Crippen molar-refractivity contribution in [1.82, 2.24) is 9.97 Å². The third kappa shape index (κ3) is 3.39. The number of aliphatic hydroxyl groups excluding tert-OH is 1. The Morgan fingerprint density at radius 2 is 1.72 bits per heavy atom. The van der Waals surface area contributed by atoms with Gasteiger partial charge in [0.2, 0.25) is 5.95 Å². The summed E-state index contributed by atoms with van der Waals surface area (Å²) >= 11 is 6.15. The molecule has 1 unspecified atom stereocenters. The van der Waals surface area contributed by atoms with E-state index in [1.807, 2.05) is 19.1 Å². The number of Topliss-reactive ketones (excluding diaryl/α,β-unsaturated/α-hetero) is 1. The van der Waals surface area contributed by atoms with Crippen LogP contribution in [-0.2, 0) is 9.59 Å². The predicted molar refractivity (Wildman–Crippen MR) is 109 cm³/mol. The third-order valence-corrected chi connectivity index (χ3v) is 4.94. The van der Waals surface area contributed by atoms with Crippen LogP contribution >= 0.6 is 11.6 Å². The Morgan fingerprint density at radius 1 is 1.03 bits per heavy atom. The van der Waals surface area contributed by atoms with Gasteiger partial charge < -0.3 is 5.11 Å². The molecule has 2 aromatic carbocycles. The van der Waals surface area contributed by atoms with Crippen molar-refractivity contribution in [2.24, 2.45) is 0 Å². The second kappa shape index (κ2) is 7.48. The molecule has 4 rings (SSSR count). The number of halogens is 1. The Labute approximate surface area is 172 Å². The van der Waals surface area contributed by atoms with Crippen LogP contribution in [0.4, 0.5) is 5.95 Å². The molecular weight excluding hydrogens is 390 g/mol. The van der Waals surface area contributed by atoms with Crippen molar-refractivity contribution in [2.75, 3.05) is 4.90 Å². The zero-order valence-electron chi connectivity index (χ0n) is 15.4. The molecule has 1 saturated heterocycles. The number of carbonyl (C=O) groups is 2. The number of hydrogen-bond acceptors (Lipinski definition) is 5. The number of aromatic nitrogens is 2. The van der Waals surface area contributed by atoms with Crippen LogP contribution in [0.1, 0.15) is 22.7 Å². The first kappa shape index (κ1) is 18.8. The van der Waals surface area contributed by atoms with Crippen LogP contribution in [0.15, 0.2) is 72.6 Å². The molecule has 29 heavy (non-hydrogen) atoms. The first-order valence-electron chi connectivity index (χ1n) is 8.88. The first-order chi connectivity index (χ1) is 14.0. The van der Waals surface area contributed by atoms with E-state index in [-0.39, 0.29) is 17.3 Å². The molecule has 0 spiro atoms. The summed E-state index contributed by atoms with van der Waals surface area (Å²) in [5.41, 5.74) is 1.98. The highest BCUT2D eigenvalue weighted by molar-refractivity contribution is 6.51. The second-order valence-corrected chi connectivity index (χ2v) is 7.08. The minimum atomic E-state index is -0.905. The molecule has 0 bridgehead atoms. The Hall–Kier alpha value is -3.51. The molecule has 0 saturated carbocycles. The molecule has 1 N–H and O–H groups in total. The van der Waals surface area contributed by atoms with Crippen molar-refractivity contribution in [3.8, 4) is 0 Å². The standard InChI is InChI=1S/C22H16ClN3O3/c1-13-6-8-14(9-7-13)19(27)17-18(15-4-2-5-16(23)12-15)26(21(29)20(17)28)22-24-10-3-11-25-22/h2-12,18,27H,1H3/b19-17-. The van der Waals surface area contributed by atoms with Crippen LogP contribution in [0.3, 0.4) is 0 Å². The van der Waals surface area contributed by atoms with Gasteiger partial charge in [0.15, 0.2) is 0 Å². The molecule has 1 aliphatic heterocycles. The van der Waals surface area contributed by atoms with Gasteiger partial charge in [-0.2, -0.15) is 0 Å². The van der Waals surface area contributed by atoms with Gasteiger partial charge in [0.25, 0.3) is 5.78 Å². The smallest absolute Gasteiger partial charge is 0.302 e. The number of carbonyl (C=O) groups excluding carboxylic acids is 2. The lowest BCUT2D eigenvalue weighted by Gasteiger charge is -2.23. The molecule has 0 aliphatic carbocycles. The molecule has 7 heteroatoms. The maximum Gasteiger partial charge on any atom is 0.302 e. The lowest BCUT2D eigenvalue weighted by molar-refractivity contribution is -0.132. The minimum absolute atomic E-state index is 0.0337. The van der Waals surface area contributed by atoms with Gasteiger partial charge in [0.05, 0.1) is 11.6 Å². The highest BCUT2D eigenvalue weighted by atomic mass is 35.5. The molecule has 1 atom stereocenters. The number of benzene rings is 2. The van der Waals surface area contributed by atoms with Crippen LogP contribution in [-0.4, -0.2) is 26.8 Å². The second-order valence-electron chi connectivity index (χ2n) is 6.64. The van der Waals surface area contributed by atoms with Crippen LogP contribution in [0, 0.1) is 6.92 Å². The maximum absolute atomic E-state index is 12.9. The Morgan fingerprint density at radius 3 is 2.38 bits per heavy atom. The molecule has 1 amide bonds. The zero-order chi connectivity index (χ0) is 20.5. The van der Waals surface area contributed by atoms with E-state index in [0.29, 0.717) is 16.1 Å². The summed E-state index contributed by atoms with van der Waals surface area (Å²) in [6, 6.07) is 14.5. The van der Waals surface area contributed by atoms with Crippen LogP contribution < -0.4 is 4.90 Å². The van der Waals surface area contributed by atoms with E-state index in [0.717, 1.165) is 5.56 Å². The fourth-order valence-electron chi connectivity index (χ4n) is 3.31. The number of nitrogens with zero attached hydrogens (tertiary/aromatic N) is 3. The number of amides is 1. The summed E-state index contributed by atoms with van der Waals surface area (Å²) in [5, 5.41) is 11.4. The van der Waals surface area contributed by atoms with E-state index in [1.54, 1.807) is 42.5 Å². The fraction of sp³-hybridized carbons (Fsp3) is 0.0909. The van der Waals surface area contributed by atoms with Crippen molar-refractivity contribution in [3.63, 3.8) is 0 Å². The quantitative estimate of drug-likeness (QED) is 0.403. The predicted octanol–water partition coefficient (Wildman–Crippen LogP) is 4.06. The van der Waals surface area contributed by atoms with Crippen molar-refractivity contribution in [2.45, 2.75) is 13.0 Å². The fourth-order valence-corrected chi connectivity index (χ4v) is 3.51. The number of ketones is 1. The minimum Gasteiger partial charge on any atom is -0.507 e. The van der Waals surface area contributed by atoms with Crippen LogP contribution in [0.25, 0.3) is 5.76 Å². The molecule has 0 radical (unpaired) electrons. The number of aliphatic hydroxyl groups is 1. The maximum atomic E-state index is 12.9. The van der Waals surface area contributed by atoms with Crippen molar-refractivity contribution in [1.29, 1.82) is 0 Å². The number of anilines is 1. The van der Waals surface area contributed by atoms with Gasteiger partial charge in [-0.15, -0.1) is 0 Å². The van der Waals surface area contributed by atoms with Gasteiger partial charge in [0, 0.05) is 23.0 Å². The zero-order valence-corrected chi connectivity index (χ0v) is 16.2. The SMILES string of the molecule is Cc1ccc(/C(O)=C2/C(=O)C(=O)N(c3ncccn3)C2c2cccc(Cl)c2)cc1. The molecule has 2 heterocycles. The monoisotopic (exact) mass is 405 g/mol. The van der Waals surface area contributed by atoms with Gasteiger partial charge in [-0.1, -0.05) is 53.6 Å². The van der Waals surface area contributed by atoms with E-state index in [4.69, 9.17) is 11.6 Å². The average molecular weight is 406 g/mol. The number of aryl methyl sites for hydroxylation is 1. The lowest BCUT2D eigenvalue weighted by Crippen LogP contribution is -2.31. The Balaban J connectivity index is 1.95. The highest BCUT2D eigenvalue weighted by Gasteiger charge is 2.48. The lowest BCUT2D eigenvalue weighted by atomic mass is 9.95. The van der Waals surface area contributed by atoms with Crippen molar-refractivity contribution < 1.29 is 14.7 Å². The van der Waals surface area contributed by atoms with Gasteiger partial charge in [-0.05, 0) is 30.7 Å². The molecule has 1 aliphatic rings. The summed E-state index contributed by atoms with van der Waals surface area (Å²) in [5.74, 6) is -1.80. The van der Waals surface area contributed by atoms with E-state index in [9.17, 15) is 14.7 Å².